The van der Waals surface area contributed by atoms with Gasteiger partial charge >= 0.3 is 0 Å². The van der Waals surface area contributed by atoms with Crippen molar-refractivity contribution in [3.8, 4) is 0 Å². The second-order valence-corrected chi connectivity index (χ2v) is 8.60. The third kappa shape index (κ3) is 4.49. The van der Waals surface area contributed by atoms with Crippen LogP contribution in [-0.2, 0) is 16.1 Å². The number of piperidine rings is 1. The first-order chi connectivity index (χ1) is 15.3. The lowest BCUT2D eigenvalue weighted by molar-refractivity contribution is -0.140. The monoisotopic (exact) mass is 472 g/mol. The Morgan fingerprint density at radius 3 is 2.69 bits per heavy atom. The molecule has 1 unspecified atom stereocenters. The van der Waals surface area contributed by atoms with Crippen LogP contribution in [0.1, 0.15) is 25.1 Å². The number of carbonyl (C=O) groups is 2. The molecule has 2 aromatic carbocycles. The summed E-state index contributed by atoms with van der Waals surface area (Å²) >= 11 is 12.0. The maximum atomic E-state index is 13.2. The zero-order valence-electron chi connectivity index (χ0n) is 17.5. The zero-order valence-corrected chi connectivity index (χ0v) is 19.0. The van der Waals surface area contributed by atoms with Gasteiger partial charge in [-0.1, -0.05) is 35.3 Å². The molecule has 7 nitrogen and oxygen atoms in total. The van der Waals surface area contributed by atoms with Crippen LogP contribution in [0.3, 0.4) is 0 Å². The molecule has 0 spiro atoms. The largest absolute Gasteiger partial charge is 0.329 e. The van der Waals surface area contributed by atoms with Gasteiger partial charge in [0, 0.05) is 12.2 Å². The molecule has 2 heterocycles. The number of para-hydroxylation sites is 1. The van der Waals surface area contributed by atoms with E-state index >= 15 is 0 Å². The van der Waals surface area contributed by atoms with E-state index in [1.807, 2.05) is 6.07 Å². The Labute approximate surface area is 194 Å². The number of carbonyl (C=O) groups excluding carboxylic acids is 2. The highest BCUT2D eigenvalue weighted by atomic mass is 35.5. The SMILES string of the molecule is Cc1nc2ccccc2c(=O)n1CC(=O)N1CCCCC1C(=O)Nc1ccc(Cl)c(Cl)c1. The van der Waals surface area contributed by atoms with Crippen molar-refractivity contribution in [3.63, 3.8) is 0 Å². The maximum absolute atomic E-state index is 13.2. The summed E-state index contributed by atoms with van der Waals surface area (Å²) in [6.07, 6.45) is 2.18. The molecule has 1 atom stereocenters. The minimum absolute atomic E-state index is 0.168. The van der Waals surface area contributed by atoms with Gasteiger partial charge in [0.1, 0.15) is 18.4 Å². The molecule has 0 radical (unpaired) electrons. The zero-order chi connectivity index (χ0) is 22.8. The third-order valence-corrected chi connectivity index (χ3v) is 6.40. The fraction of sp³-hybridized carbons (Fsp3) is 0.304. The molecule has 1 aliphatic heterocycles. The molecular weight excluding hydrogens is 451 g/mol. The fourth-order valence-corrected chi connectivity index (χ4v) is 4.29. The van der Waals surface area contributed by atoms with Gasteiger partial charge in [0.2, 0.25) is 11.8 Å². The quantitative estimate of drug-likeness (QED) is 0.620. The fourth-order valence-electron chi connectivity index (χ4n) is 3.99. The number of likely N-dealkylation sites (tertiary alicyclic amines) is 1. The topological polar surface area (TPSA) is 84.3 Å². The Morgan fingerprint density at radius 2 is 1.91 bits per heavy atom. The molecule has 3 aromatic rings. The average molecular weight is 473 g/mol. The van der Waals surface area contributed by atoms with Gasteiger partial charge in [-0.15, -0.1) is 0 Å². The van der Waals surface area contributed by atoms with Gasteiger partial charge in [0.25, 0.3) is 5.56 Å². The summed E-state index contributed by atoms with van der Waals surface area (Å²) in [7, 11) is 0. The van der Waals surface area contributed by atoms with Crippen molar-refractivity contribution in [2.24, 2.45) is 0 Å². The van der Waals surface area contributed by atoms with Gasteiger partial charge in [0.15, 0.2) is 0 Å². The minimum atomic E-state index is -0.630. The number of benzene rings is 2. The highest BCUT2D eigenvalue weighted by Gasteiger charge is 2.32. The minimum Gasteiger partial charge on any atom is -0.329 e. The Hall–Kier alpha value is -2.90. The van der Waals surface area contributed by atoms with E-state index in [9.17, 15) is 14.4 Å². The van der Waals surface area contributed by atoms with Crippen LogP contribution in [0.5, 0.6) is 0 Å². The van der Waals surface area contributed by atoms with Crippen LogP contribution in [0.2, 0.25) is 10.0 Å². The Bertz CT molecular complexity index is 1260. The highest BCUT2D eigenvalue weighted by molar-refractivity contribution is 6.42. The molecule has 0 bridgehead atoms. The van der Waals surface area contributed by atoms with Crippen LogP contribution in [0.4, 0.5) is 5.69 Å². The predicted molar refractivity (Wildman–Crippen MR) is 125 cm³/mol. The van der Waals surface area contributed by atoms with Crippen molar-refractivity contribution in [1.29, 1.82) is 0 Å². The number of hydrogen-bond donors (Lipinski definition) is 1. The van der Waals surface area contributed by atoms with Gasteiger partial charge in [-0.25, -0.2) is 4.98 Å². The van der Waals surface area contributed by atoms with Crippen molar-refractivity contribution < 1.29 is 9.59 Å². The Morgan fingerprint density at radius 1 is 1.12 bits per heavy atom. The summed E-state index contributed by atoms with van der Waals surface area (Å²) in [5, 5.41) is 4.00. The first kappa shape index (κ1) is 22.3. The highest BCUT2D eigenvalue weighted by Crippen LogP contribution is 2.26. The van der Waals surface area contributed by atoms with E-state index in [0.29, 0.717) is 45.4 Å². The van der Waals surface area contributed by atoms with Crippen molar-refractivity contribution >= 4 is 51.6 Å². The number of aromatic nitrogens is 2. The van der Waals surface area contributed by atoms with Crippen LogP contribution >= 0.6 is 23.2 Å². The molecule has 2 amide bonds. The summed E-state index contributed by atoms with van der Waals surface area (Å²) in [6.45, 7) is 1.98. The van der Waals surface area contributed by atoms with Crippen molar-refractivity contribution in [2.75, 3.05) is 11.9 Å². The van der Waals surface area contributed by atoms with Gasteiger partial charge in [-0.3, -0.25) is 19.0 Å². The number of nitrogens with one attached hydrogen (secondary N) is 1. The average Bonchev–Trinajstić information content (AvgIpc) is 2.79. The summed E-state index contributed by atoms with van der Waals surface area (Å²) < 4.78 is 1.37. The number of rotatable bonds is 4. The van der Waals surface area contributed by atoms with Crippen molar-refractivity contribution in [2.45, 2.75) is 38.8 Å². The first-order valence-corrected chi connectivity index (χ1v) is 11.1. The number of amides is 2. The molecule has 1 saturated heterocycles. The molecule has 32 heavy (non-hydrogen) atoms. The van der Waals surface area contributed by atoms with Gasteiger partial charge in [-0.2, -0.15) is 0 Å². The van der Waals surface area contributed by atoms with Crippen LogP contribution < -0.4 is 10.9 Å². The molecule has 9 heteroatoms. The van der Waals surface area contributed by atoms with Crippen molar-refractivity contribution in [3.05, 3.63) is 68.7 Å². The summed E-state index contributed by atoms with van der Waals surface area (Å²) in [5.74, 6) is -0.130. The van der Waals surface area contributed by atoms with E-state index in [0.717, 1.165) is 12.8 Å². The molecule has 1 fully saturated rings. The second kappa shape index (κ2) is 9.30. The summed E-state index contributed by atoms with van der Waals surface area (Å²) in [6, 6.07) is 11.2. The third-order valence-electron chi connectivity index (χ3n) is 5.66. The van der Waals surface area contributed by atoms with Crippen molar-refractivity contribution in [1.82, 2.24) is 14.5 Å². The number of nitrogens with zero attached hydrogens (tertiary/aromatic N) is 3. The van der Waals surface area contributed by atoms with E-state index in [4.69, 9.17) is 23.2 Å². The van der Waals surface area contributed by atoms with Crippen LogP contribution in [-0.4, -0.2) is 38.9 Å². The van der Waals surface area contributed by atoms with E-state index in [2.05, 4.69) is 10.3 Å². The number of halogens is 2. The lowest BCUT2D eigenvalue weighted by Crippen LogP contribution is -2.51. The molecule has 1 N–H and O–H groups in total. The number of hydrogen-bond acceptors (Lipinski definition) is 4. The summed E-state index contributed by atoms with van der Waals surface area (Å²) in [5.41, 5.74) is 0.832. The molecule has 0 aliphatic carbocycles. The second-order valence-electron chi connectivity index (χ2n) is 7.78. The van der Waals surface area contributed by atoms with Crippen LogP contribution in [0.25, 0.3) is 10.9 Å². The standard InChI is InChI=1S/C23H22Cl2N4O3/c1-14-26-19-7-3-2-6-16(19)23(32)29(14)13-21(30)28-11-5-4-8-20(28)22(31)27-15-9-10-17(24)18(25)12-15/h2-3,6-7,9-10,12,20H,4-5,8,11,13H2,1H3,(H,27,31). The van der Waals surface area contributed by atoms with Crippen LogP contribution in [0, 0.1) is 6.92 Å². The predicted octanol–water partition coefficient (Wildman–Crippen LogP) is 4.03. The number of fused-ring (bicyclic) bond motifs is 1. The lowest BCUT2D eigenvalue weighted by Gasteiger charge is -2.35. The van der Waals surface area contributed by atoms with Gasteiger partial charge in [-0.05, 0) is 56.5 Å². The number of anilines is 1. The van der Waals surface area contributed by atoms with Gasteiger partial charge < -0.3 is 10.2 Å². The Balaban J connectivity index is 1.55. The smallest absolute Gasteiger partial charge is 0.261 e. The lowest BCUT2D eigenvalue weighted by atomic mass is 10.0. The molecule has 0 saturated carbocycles. The molecule has 166 valence electrons. The van der Waals surface area contributed by atoms with Crippen LogP contribution in [0.15, 0.2) is 47.3 Å². The summed E-state index contributed by atoms with van der Waals surface area (Å²) in [4.78, 5) is 45.1. The molecule has 1 aliphatic rings. The van der Waals surface area contributed by atoms with E-state index in [1.54, 1.807) is 48.2 Å². The first-order valence-electron chi connectivity index (χ1n) is 10.4. The molecule has 1 aromatic heterocycles. The van der Waals surface area contributed by atoms with E-state index < -0.39 is 6.04 Å². The Kier molecular flexibility index (Phi) is 6.48. The normalized spacial score (nSPS) is 16.2. The number of aryl methyl sites for hydroxylation is 1. The van der Waals surface area contributed by atoms with Gasteiger partial charge in [0.05, 0.1) is 20.9 Å². The molecule has 4 rings (SSSR count). The van der Waals surface area contributed by atoms with E-state index in [-0.39, 0.29) is 23.9 Å². The molecular formula is C23H22Cl2N4O3. The van der Waals surface area contributed by atoms with E-state index in [1.165, 1.54) is 4.57 Å². The maximum Gasteiger partial charge on any atom is 0.261 e.